The summed E-state index contributed by atoms with van der Waals surface area (Å²) in [6, 6.07) is 10.5. The van der Waals surface area contributed by atoms with Gasteiger partial charge in [0.05, 0.1) is 15.0 Å². The Morgan fingerprint density at radius 2 is 2.17 bits per heavy atom. The monoisotopic (exact) mass is 280 g/mol. The molecule has 4 nitrogen and oxygen atoms in total. The number of thiophene rings is 1. The highest BCUT2D eigenvalue weighted by Gasteiger charge is 2.11. The molecule has 1 heterocycles. The minimum atomic E-state index is -1.29. The smallest absolute Gasteiger partial charge is 0.237 e. The van der Waals surface area contributed by atoms with Crippen molar-refractivity contribution < 1.29 is 9.00 Å². The van der Waals surface area contributed by atoms with E-state index in [1.54, 1.807) is 30.3 Å². The van der Waals surface area contributed by atoms with Crippen LogP contribution in [-0.4, -0.2) is 15.9 Å². The number of hydrogen-bond donors (Lipinski definition) is 2. The summed E-state index contributed by atoms with van der Waals surface area (Å²) in [6.45, 7) is 0. The third kappa shape index (κ3) is 3.41. The largest absolute Gasteiger partial charge is 0.399 e. The lowest BCUT2D eigenvalue weighted by atomic mass is 10.3. The molecular weight excluding hydrogens is 268 g/mol. The van der Waals surface area contributed by atoms with E-state index in [0.717, 1.165) is 0 Å². The van der Waals surface area contributed by atoms with Crippen molar-refractivity contribution in [3.63, 3.8) is 0 Å². The molecule has 94 valence electrons. The number of benzene rings is 1. The molecule has 0 spiro atoms. The molecule has 0 saturated carbocycles. The van der Waals surface area contributed by atoms with Crippen LogP contribution < -0.4 is 11.1 Å². The molecule has 0 radical (unpaired) electrons. The number of carbonyl (C=O) groups excluding carboxylic acids is 1. The first-order valence-electron chi connectivity index (χ1n) is 5.22. The molecule has 2 rings (SSSR count). The summed E-state index contributed by atoms with van der Waals surface area (Å²) < 4.78 is 12.5. The van der Waals surface area contributed by atoms with Crippen LogP contribution in [0.3, 0.4) is 0 Å². The minimum absolute atomic E-state index is 0.0463. The Balaban J connectivity index is 1.95. The van der Waals surface area contributed by atoms with Gasteiger partial charge in [-0.15, -0.1) is 11.3 Å². The van der Waals surface area contributed by atoms with E-state index in [1.165, 1.54) is 11.3 Å². The van der Waals surface area contributed by atoms with Gasteiger partial charge < -0.3 is 11.1 Å². The molecule has 1 unspecified atom stereocenters. The third-order valence-corrected chi connectivity index (χ3v) is 4.77. The van der Waals surface area contributed by atoms with E-state index in [1.807, 2.05) is 11.4 Å². The van der Waals surface area contributed by atoms with Crippen molar-refractivity contribution in [1.29, 1.82) is 0 Å². The lowest BCUT2D eigenvalue weighted by Gasteiger charge is -2.05. The molecule has 0 aliphatic carbocycles. The van der Waals surface area contributed by atoms with Gasteiger partial charge in [-0.1, -0.05) is 12.1 Å². The molecule has 1 atom stereocenters. The van der Waals surface area contributed by atoms with Crippen LogP contribution in [0.15, 0.2) is 46.0 Å². The number of carbonyl (C=O) groups is 1. The second-order valence-corrected chi connectivity index (χ2v) is 6.22. The molecule has 0 aliphatic heterocycles. The van der Waals surface area contributed by atoms with Gasteiger partial charge in [0.1, 0.15) is 5.75 Å². The van der Waals surface area contributed by atoms with Crippen LogP contribution in [0.2, 0.25) is 0 Å². The number of nitrogen functional groups attached to an aromatic ring is 1. The molecule has 0 fully saturated rings. The number of hydrogen-bond acceptors (Lipinski definition) is 4. The fourth-order valence-electron chi connectivity index (χ4n) is 1.40. The molecule has 2 aromatic rings. The van der Waals surface area contributed by atoms with Crippen molar-refractivity contribution in [2.45, 2.75) is 4.21 Å². The van der Waals surface area contributed by atoms with Crippen LogP contribution in [0.25, 0.3) is 0 Å². The van der Waals surface area contributed by atoms with Gasteiger partial charge in [-0.2, -0.15) is 0 Å². The molecule has 6 heteroatoms. The van der Waals surface area contributed by atoms with E-state index in [2.05, 4.69) is 5.32 Å². The second-order valence-electron chi connectivity index (χ2n) is 3.60. The summed E-state index contributed by atoms with van der Waals surface area (Å²) in [4.78, 5) is 11.7. The van der Waals surface area contributed by atoms with Gasteiger partial charge in [-0.3, -0.25) is 9.00 Å². The first kappa shape index (κ1) is 12.8. The van der Waals surface area contributed by atoms with E-state index < -0.39 is 10.8 Å². The number of anilines is 2. The summed E-state index contributed by atoms with van der Waals surface area (Å²) in [5.74, 6) is -0.331. The van der Waals surface area contributed by atoms with Gasteiger partial charge in [0, 0.05) is 11.4 Å². The molecule has 1 amide bonds. The van der Waals surface area contributed by atoms with Crippen LogP contribution >= 0.6 is 11.3 Å². The lowest BCUT2D eigenvalue weighted by Crippen LogP contribution is -2.19. The SMILES string of the molecule is Nc1cccc(NC(=O)CS(=O)c2cccs2)c1. The fraction of sp³-hybridized carbons (Fsp3) is 0.0833. The molecule has 3 N–H and O–H groups in total. The molecule has 1 aromatic carbocycles. The minimum Gasteiger partial charge on any atom is -0.399 e. The van der Waals surface area contributed by atoms with Crippen LogP contribution in [0.4, 0.5) is 11.4 Å². The highest BCUT2D eigenvalue weighted by atomic mass is 32.2. The Kier molecular flexibility index (Phi) is 4.11. The van der Waals surface area contributed by atoms with E-state index in [4.69, 9.17) is 5.73 Å². The predicted octanol–water partition coefficient (Wildman–Crippen LogP) is 2.08. The number of rotatable bonds is 4. The summed E-state index contributed by atoms with van der Waals surface area (Å²) >= 11 is 1.38. The standard InChI is InChI=1S/C12H12N2O2S2/c13-9-3-1-4-10(7-9)14-11(15)8-18(16)12-5-2-6-17-12/h1-7H,8,13H2,(H,14,15). The van der Waals surface area contributed by atoms with E-state index in [0.29, 0.717) is 15.6 Å². The van der Waals surface area contributed by atoms with Crippen molar-refractivity contribution in [2.24, 2.45) is 0 Å². The predicted molar refractivity (Wildman–Crippen MR) is 75.1 cm³/mol. The highest BCUT2D eigenvalue weighted by molar-refractivity contribution is 7.88. The van der Waals surface area contributed by atoms with Crippen molar-refractivity contribution in [3.05, 3.63) is 41.8 Å². The molecule has 0 aliphatic rings. The lowest BCUT2D eigenvalue weighted by molar-refractivity contribution is -0.113. The zero-order valence-corrected chi connectivity index (χ0v) is 11.1. The van der Waals surface area contributed by atoms with E-state index >= 15 is 0 Å². The first-order valence-corrected chi connectivity index (χ1v) is 7.42. The second kappa shape index (κ2) is 5.79. The zero-order chi connectivity index (χ0) is 13.0. The highest BCUT2D eigenvalue weighted by Crippen LogP contribution is 2.15. The Morgan fingerprint density at radius 3 is 2.83 bits per heavy atom. The van der Waals surface area contributed by atoms with E-state index in [9.17, 15) is 9.00 Å². The molecule has 0 bridgehead atoms. The molecular formula is C12H12N2O2S2. The van der Waals surface area contributed by atoms with Crippen LogP contribution in [0.5, 0.6) is 0 Å². The van der Waals surface area contributed by atoms with Crippen LogP contribution in [-0.2, 0) is 15.6 Å². The topological polar surface area (TPSA) is 72.2 Å². The van der Waals surface area contributed by atoms with Crippen molar-refractivity contribution in [3.8, 4) is 0 Å². The molecule has 1 aromatic heterocycles. The van der Waals surface area contributed by atoms with Crippen LogP contribution in [0, 0.1) is 0 Å². The fourth-order valence-corrected chi connectivity index (χ4v) is 3.30. The summed E-state index contributed by atoms with van der Waals surface area (Å²) in [5, 5.41) is 4.50. The Morgan fingerprint density at radius 1 is 1.33 bits per heavy atom. The number of nitrogens with two attached hydrogens (primary N) is 1. The maximum Gasteiger partial charge on any atom is 0.237 e. The normalized spacial score (nSPS) is 12.0. The van der Waals surface area contributed by atoms with Crippen LogP contribution in [0.1, 0.15) is 0 Å². The van der Waals surface area contributed by atoms with Gasteiger partial charge in [0.2, 0.25) is 5.91 Å². The van der Waals surface area contributed by atoms with Crippen molar-refractivity contribution in [1.82, 2.24) is 0 Å². The average molecular weight is 280 g/mol. The van der Waals surface area contributed by atoms with Gasteiger partial charge >= 0.3 is 0 Å². The molecule has 0 saturated heterocycles. The maximum atomic E-state index is 11.8. The third-order valence-electron chi connectivity index (χ3n) is 2.15. The Labute approximate surface area is 111 Å². The quantitative estimate of drug-likeness (QED) is 0.842. The average Bonchev–Trinajstić information content (AvgIpc) is 2.81. The summed E-state index contributed by atoms with van der Waals surface area (Å²) in [5.41, 5.74) is 6.79. The first-order chi connectivity index (χ1) is 8.65. The van der Waals surface area contributed by atoms with E-state index in [-0.39, 0.29) is 11.7 Å². The number of amides is 1. The van der Waals surface area contributed by atoms with Crippen molar-refractivity contribution >= 4 is 39.4 Å². The zero-order valence-electron chi connectivity index (χ0n) is 9.46. The van der Waals surface area contributed by atoms with Gasteiger partial charge in [-0.05, 0) is 29.6 Å². The number of nitrogens with one attached hydrogen (secondary N) is 1. The van der Waals surface area contributed by atoms with Crippen molar-refractivity contribution in [2.75, 3.05) is 16.8 Å². The Bertz CT molecular complexity index is 567. The summed E-state index contributed by atoms with van der Waals surface area (Å²) in [6.07, 6.45) is 0. The molecule has 18 heavy (non-hydrogen) atoms. The Hall–Kier alpha value is -1.66. The van der Waals surface area contributed by atoms with Gasteiger partial charge in [0.25, 0.3) is 0 Å². The maximum absolute atomic E-state index is 11.8. The summed E-state index contributed by atoms with van der Waals surface area (Å²) in [7, 11) is -1.29. The van der Waals surface area contributed by atoms with Gasteiger partial charge in [-0.25, -0.2) is 0 Å². The van der Waals surface area contributed by atoms with Gasteiger partial charge in [0.15, 0.2) is 0 Å².